The van der Waals surface area contributed by atoms with Gasteiger partial charge in [-0.05, 0) is 47.4 Å². The maximum Gasteiger partial charge on any atom is 0.225 e. The number of benzene rings is 1. The van der Waals surface area contributed by atoms with Crippen LogP contribution in [0.1, 0.15) is 24.8 Å². The molecule has 2 aromatic rings. The van der Waals surface area contributed by atoms with Crippen LogP contribution in [0.4, 0.5) is 0 Å². The van der Waals surface area contributed by atoms with Crippen LogP contribution in [0.2, 0.25) is 0 Å². The van der Waals surface area contributed by atoms with Gasteiger partial charge in [0, 0.05) is 30.3 Å². The Morgan fingerprint density at radius 3 is 3.00 bits per heavy atom. The third kappa shape index (κ3) is 2.61. The van der Waals surface area contributed by atoms with Crippen molar-refractivity contribution in [3.63, 3.8) is 0 Å². The molecule has 1 saturated carbocycles. The van der Waals surface area contributed by atoms with E-state index in [0.29, 0.717) is 25.6 Å². The Bertz CT molecular complexity index is 735. The molecule has 1 atom stereocenters. The smallest absolute Gasteiger partial charge is 0.225 e. The topological polar surface area (TPSA) is 49.4 Å². The summed E-state index contributed by atoms with van der Waals surface area (Å²) in [7, 11) is 0. The summed E-state index contributed by atoms with van der Waals surface area (Å²) >= 11 is 1.72. The van der Waals surface area contributed by atoms with Crippen molar-refractivity contribution in [2.75, 3.05) is 6.54 Å². The molecule has 0 bridgehead atoms. The third-order valence-electron chi connectivity index (χ3n) is 4.50. The zero-order valence-electron chi connectivity index (χ0n) is 12.2. The SMILES string of the molecule is O=C(NCc1ccc2sccc2c1)[C@@H]1CC(=O)N(C2CC2)C1. The van der Waals surface area contributed by atoms with Crippen LogP contribution >= 0.6 is 11.3 Å². The standard InChI is InChI=1S/C17H18N2O2S/c20-16-8-13(10-19(16)14-2-3-14)17(21)18-9-11-1-4-15-12(7-11)5-6-22-15/h1,4-7,13-14H,2-3,8-10H2,(H,18,21)/t13-/m1/s1. The van der Waals surface area contributed by atoms with Crippen molar-refractivity contribution in [2.45, 2.75) is 31.8 Å². The Morgan fingerprint density at radius 1 is 1.32 bits per heavy atom. The summed E-state index contributed by atoms with van der Waals surface area (Å²) in [6.45, 7) is 1.12. The molecular formula is C17H18N2O2S. The predicted octanol–water partition coefficient (Wildman–Crippen LogP) is 2.53. The lowest BCUT2D eigenvalue weighted by Crippen LogP contribution is -2.33. The van der Waals surface area contributed by atoms with E-state index in [1.165, 1.54) is 10.1 Å². The second kappa shape index (κ2) is 5.39. The summed E-state index contributed by atoms with van der Waals surface area (Å²) in [5.74, 6) is -0.0396. The first kappa shape index (κ1) is 13.8. The van der Waals surface area contributed by atoms with E-state index < -0.39 is 0 Å². The Kier molecular flexibility index (Phi) is 3.37. The highest BCUT2D eigenvalue weighted by Gasteiger charge is 2.41. The van der Waals surface area contributed by atoms with E-state index in [-0.39, 0.29) is 17.7 Å². The van der Waals surface area contributed by atoms with Gasteiger partial charge >= 0.3 is 0 Å². The van der Waals surface area contributed by atoms with Crippen LogP contribution in [-0.4, -0.2) is 29.3 Å². The number of nitrogens with one attached hydrogen (secondary N) is 1. The molecule has 5 heteroatoms. The Balaban J connectivity index is 1.36. The van der Waals surface area contributed by atoms with E-state index in [2.05, 4.69) is 35.0 Å². The molecule has 114 valence electrons. The lowest BCUT2D eigenvalue weighted by molar-refractivity contribution is -0.129. The molecule has 1 aromatic heterocycles. The molecule has 2 aliphatic rings. The maximum atomic E-state index is 12.3. The largest absolute Gasteiger partial charge is 0.352 e. The Labute approximate surface area is 133 Å². The van der Waals surface area contributed by atoms with Crippen LogP contribution < -0.4 is 5.32 Å². The molecular weight excluding hydrogens is 296 g/mol. The van der Waals surface area contributed by atoms with Gasteiger partial charge in [0.05, 0.1) is 5.92 Å². The first-order valence-corrected chi connectivity index (χ1v) is 8.62. The first-order chi connectivity index (χ1) is 10.7. The molecule has 1 aliphatic carbocycles. The fraction of sp³-hybridized carbons (Fsp3) is 0.412. The third-order valence-corrected chi connectivity index (χ3v) is 5.40. The first-order valence-electron chi connectivity index (χ1n) is 7.74. The van der Waals surface area contributed by atoms with Crippen LogP contribution in [0.3, 0.4) is 0 Å². The minimum atomic E-state index is -0.182. The number of rotatable bonds is 4. The number of fused-ring (bicyclic) bond motifs is 1. The summed E-state index contributed by atoms with van der Waals surface area (Å²) in [6.07, 6.45) is 2.56. The van der Waals surface area contributed by atoms with Crippen LogP contribution in [0.15, 0.2) is 29.6 Å². The highest BCUT2D eigenvalue weighted by atomic mass is 32.1. The molecule has 2 heterocycles. The summed E-state index contributed by atoms with van der Waals surface area (Å²) < 4.78 is 1.26. The van der Waals surface area contributed by atoms with E-state index in [1.807, 2.05) is 4.90 Å². The van der Waals surface area contributed by atoms with Crippen molar-refractivity contribution < 1.29 is 9.59 Å². The number of thiophene rings is 1. The average molecular weight is 314 g/mol. The number of carbonyl (C=O) groups is 2. The van der Waals surface area contributed by atoms with E-state index >= 15 is 0 Å². The van der Waals surface area contributed by atoms with E-state index in [9.17, 15) is 9.59 Å². The summed E-state index contributed by atoms with van der Waals surface area (Å²) in [6, 6.07) is 8.76. The highest BCUT2D eigenvalue weighted by molar-refractivity contribution is 7.17. The van der Waals surface area contributed by atoms with Crippen molar-refractivity contribution >= 4 is 33.2 Å². The average Bonchev–Trinajstić information content (AvgIpc) is 3.12. The van der Waals surface area contributed by atoms with Crippen LogP contribution in [0.5, 0.6) is 0 Å². The molecule has 0 spiro atoms. The number of carbonyl (C=O) groups excluding carboxylic acids is 2. The van der Waals surface area contributed by atoms with Gasteiger partial charge in [-0.1, -0.05) is 6.07 Å². The molecule has 1 aromatic carbocycles. The van der Waals surface area contributed by atoms with Crippen molar-refractivity contribution in [3.8, 4) is 0 Å². The number of hydrogen-bond acceptors (Lipinski definition) is 3. The van der Waals surface area contributed by atoms with Crippen molar-refractivity contribution in [2.24, 2.45) is 5.92 Å². The van der Waals surface area contributed by atoms with Crippen LogP contribution in [-0.2, 0) is 16.1 Å². The minimum absolute atomic E-state index is 0.00177. The number of hydrogen-bond donors (Lipinski definition) is 1. The maximum absolute atomic E-state index is 12.3. The van der Waals surface area contributed by atoms with Crippen LogP contribution in [0.25, 0.3) is 10.1 Å². The lowest BCUT2D eigenvalue weighted by atomic mass is 10.1. The lowest BCUT2D eigenvalue weighted by Gasteiger charge is -2.15. The summed E-state index contributed by atoms with van der Waals surface area (Å²) in [5, 5.41) is 6.27. The second-order valence-electron chi connectivity index (χ2n) is 6.19. The van der Waals surface area contributed by atoms with Gasteiger partial charge in [0.15, 0.2) is 0 Å². The zero-order chi connectivity index (χ0) is 15.1. The molecule has 1 saturated heterocycles. The Morgan fingerprint density at radius 2 is 2.18 bits per heavy atom. The van der Waals surface area contributed by atoms with E-state index in [0.717, 1.165) is 18.4 Å². The predicted molar refractivity (Wildman–Crippen MR) is 86.5 cm³/mol. The van der Waals surface area contributed by atoms with Gasteiger partial charge < -0.3 is 10.2 Å². The molecule has 0 unspecified atom stereocenters. The molecule has 2 amide bonds. The van der Waals surface area contributed by atoms with Crippen molar-refractivity contribution in [1.82, 2.24) is 10.2 Å². The molecule has 1 N–H and O–H groups in total. The Hall–Kier alpha value is -1.88. The molecule has 4 nitrogen and oxygen atoms in total. The molecule has 0 radical (unpaired) electrons. The van der Waals surface area contributed by atoms with Gasteiger partial charge in [0.2, 0.25) is 11.8 Å². The monoisotopic (exact) mass is 314 g/mol. The van der Waals surface area contributed by atoms with E-state index in [1.54, 1.807) is 11.3 Å². The number of nitrogens with zero attached hydrogens (tertiary/aromatic N) is 1. The fourth-order valence-corrected chi connectivity index (χ4v) is 3.88. The van der Waals surface area contributed by atoms with Crippen LogP contribution in [0, 0.1) is 5.92 Å². The highest BCUT2D eigenvalue weighted by Crippen LogP contribution is 2.32. The van der Waals surface area contributed by atoms with Gasteiger partial charge in [-0.25, -0.2) is 0 Å². The number of amides is 2. The van der Waals surface area contributed by atoms with Gasteiger partial charge in [0.25, 0.3) is 0 Å². The van der Waals surface area contributed by atoms with E-state index in [4.69, 9.17) is 0 Å². The minimum Gasteiger partial charge on any atom is -0.352 e. The zero-order valence-corrected chi connectivity index (χ0v) is 13.1. The second-order valence-corrected chi connectivity index (χ2v) is 7.14. The number of likely N-dealkylation sites (tertiary alicyclic amines) is 1. The molecule has 4 rings (SSSR count). The van der Waals surface area contributed by atoms with Crippen molar-refractivity contribution in [3.05, 3.63) is 35.2 Å². The van der Waals surface area contributed by atoms with Gasteiger partial charge in [-0.15, -0.1) is 11.3 Å². The normalized spacial score (nSPS) is 21.5. The van der Waals surface area contributed by atoms with Gasteiger partial charge in [-0.2, -0.15) is 0 Å². The molecule has 1 aliphatic heterocycles. The molecule has 2 fully saturated rings. The summed E-state index contributed by atoms with van der Waals surface area (Å²) in [4.78, 5) is 26.1. The summed E-state index contributed by atoms with van der Waals surface area (Å²) in [5.41, 5.74) is 1.10. The molecule has 22 heavy (non-hydrogen) atoms. The fourth-order valence-electron chi connectivity index (χ4n) is 3.11. The van der Waals surface area contributed by atoms with Gasteiger partial charge in [0.1, 0.15) is 0 Å². The van der Waals surface area contributed by atoms with Gasteiger partial charge in [-0.3, -0.25) is 9.59 Å². The van der Waals surface area contributed by atoms with Crippen molar-refractivity contribution in [1.29, 1.82) is 0 Å². The quantitative estimate of drug-likeness (QED) is 0.943.